The summed E-state index contributed by atoms with van der Waals surface area (Å²) in [5.41, 5.74) is 0.554. The molecule has 1 unspecified atom stereocenters. The molecule has 1 aromatic carbocycles. The lowest BCUT2D eigenvalue weighted by atomic mass is 9.97. The maximum atomic E-state index is 14.4. The lowest BCUT2D eigenvalue weighted by Gasteiger charge is -2.35. The van der Waals surface area contributed by atoms with Crippen molar-refractivity contribution in [2.45, 2.75) is 38.1 Å². The highest BCUT2D eigenvalue weighted by Crippen LogP contribution is 2.24. The van der Waals surface area contributed by atoms with Crippen LogP contribution in [0.15, 0.2) is 36.7 Å². The molecule has 0 spiro atoms. The number of nitrogens with zero attached hydrogens (tertiary/aromatic N) is 3. The van der Waals surface area contributed by atoms with E-state index < -0.39 is 11.8 Å². The van der Waals surface area contributed by atoms with Crippen molar-refractivity contribution in [3.8, 4) is 5.69 Å². The Morgan fingerprint density at radius 3 is 2.84 bits per heavy atom. The molecule has 3 rings (SSSR count). The molecule has 1 aromatic heterocycles. The van der Waals surface area contributed by atoms with Crippen molar-refractivity contribution in [1.29, 1.82) is 0 Å². The summed E-state index contributed by atoms with van der Waals surface area (Å²) in [6, 6.07) is 5.93. The molecule has 1 atom stereocenters. The third kappa shape index (κ3) is 3.87. The average Bonchev–Trinajstić information content (AvgIpc) is 3.13. The first-order valence-electron chi connectivity index (χ1n) is 8.38. The topological polar surface area (TPSA) is 75.4 Å². The number of carboxylic acid groups (broad SMARTS) is 1. The summed E-state index contributed by atoms with van der Waals surface area (Å²) in [5, 5.41) is 12.9. The molecule has 1 fully saturated rings. The van der Waals surface area contributed by atoms with Gasteiger partial charge in [-0.3, -0.25) is 9.59 Å². The standard InChI is InChI=1S/C18H20FN3O3/c19-15-12-13(5-7-16(15)22-11-3-9-20-22)18(25)21-10-2-1-4-14(21)6-8-17(23)24/h3,5,7,9,11-12,14H,1-2,4,6,8,10H2,(H,23,24). The van der Waals surface area contributed by atoms with Crippen LogP contribution in [0, 0.1) is 5.82 Å². The molecule has 1 N–H and O–H groups in total. The van der Waals surface area contributed by atoms with Crippen LogP contribution < -0.4 is 0 Å². The van der Waals surface area contributed by atoms with Gasteiger partial charge in [0.1, 0.15) is 11.5 Å². The van der Waals surface area contributed by atoms with Crippen LogP contribution in [0.3, 0.4) is 0 Å². The summed E-state index contributed by atoms with van der Waals surface area (Å²) in [6.07, 6.45) is 6.28. The summed E-state index contributed by atoms with van der Waals surface area (Å²) in [4.78, 5) is 25.3. The van der Waals surface area contributed by atoms with Crippen LogP contribution >= 0.6 is 0 Å². The Bertz CT molecular complexity index is 761. The van der Waals surface area contributed by atoms with E-state index in [1.807, 2.05) is 0 Å². The lowest BCUT2D eigenvalue weighted by Crippen LogP contribution is -2.44. The number of carbonyl (C=O) groups excluding carboxylic acids is 1. The van der Waals surface area contributed by atoms with Crippen LogP contribution in [-0.4, -0.2) is 44.3 Å². The molecular formula is C18H20FN3O3. The van der Waals surface area contributed by atoms with Crippen LogP contribution in [0.1, 0.15) is 42.5 Å². The van der Waals surface area contributed by atoms with E-state index >= 15 is 0 Å². The summed E-state index contributed by atoms with van der Waals surface area (Å²) >= 11 is 0. The minimum atomic E-state index is -0.868. The average molecular weight is 345 g/mol. The zero-order chi connectivity index (χ0) is 17.8. The molecule has 1 saturated heterocycles. The zero-order valence-electron chi connectivity index (χ0n) is 13.8. The smallest absolute Gasteiger partial charge is 0.303 e. The summed E-state index contributed by atoms with van der Waals surface area (Å²) < 4.78 is 15.8. The highest BCUT2D eigenvalue weighted by atomic mass is 19.1. The van der Waals surface area contributed by atoms with Crippen molar-refractivity contribution in [2.75, 3.05) is 6.54 Å². The van der Waals surface area contributed by atoms with Gasteiger partial charge in [0.05, 0.1) is 0 Å². The fourth-order valence-electron chi connectivity index (χ4n) is 3.26. The van der Waals surface area contributed by atoms with Gasteiger partial charge in [-0.25, -0.2) is 9.07 Å². The molecule has 0 saturated carbocycles. The fourth-order valence-corrected chi connectivity index (χ4v) is 3.26. The van der Waals surface area contributed by atoms with Gasteiger partial charge >= 0.3 is 5.97 Å². The number of hydrogen-bond acceptors (Lipinski definition) is 3. The highest BCUT2D eigenvalue weighted by molar-refractivity contribution is 5.94. The fraction of sp³-hybridized carbons (Fsp3) is 0.389. The molecule has 1 amide bonds. The number of rotatable bonds is 5. The van der Waals surface area contributed by atoms with Crippen molar-refractivity contribution in [3.05, 3.63) is 48.0 Å². The predicted octanol–water partition coefficient (Wildman–Crippen LogP) is 2.87. The second-order valence-corrected chi connectivity index (χ2v) is 6.20. The number of likely N-dealkylation sites (tertiary alicyclic amines) is 1. The van der Waals surface area contributed by atoms with Crippen molar-refractivity contribution >= 4 is 11.9 Å². The zero-order valence-corrected chi connectivity index (χ0v) is 13.8. The number of carbonyl (C=O) groups is 2. The summed E-state index contributed by atoms with van der Waals surface area (Å²) in [5.74, 6) is -1.64. The van der Waals surface area contributed by atoms with Crippen molar-refractivity contribution in [3.63, 3.8) is 0 Å². The van der Waals surface area contributed by atoms with Crippen molar-refractivity contribution in [1.82, 2.24) is 14.7 Å². The Morgan fingerprint density at radius 1 is 1.32 bits per heavy atom. The number of carboxylic acids is 1. The largest absolute Gasteiger partial charge is 0.481 e. The number of amides is 1. The van der Waals surface area contributed by atoms with E-state index in [1.165, 1.54) is 16.8 Å². The first kappa shape index (κ1) is 17.1. The van der Waals surface area contributed by atoms with Crippen LogP contribution in [0.2, 0.25) is 0 Å². The van der Waals surface area contributed by atoms with Crippen LogP contribution in [0.25, 0.3) is 5.69 Å². The predicted molar refractivity (Wildman–Crippen MR) is 89.1 cm³/mol. The summed E-state index contributed by atoms with van der Waals surface area (Å²) in [6.45, 7) is 0.575. The van der Waals surface area contributed by atoms with Gasteiger partial charge in [0.25, 0.3) is 5.91 Å². The number of benzene rings is 1. The first-order chi connectivity index (χ1) is 12.1. The van der Waals surface area contributed by atoms with E-state index in [2.05, 4.69) is 5.10 Å². The number of aromatic nitrogens is 2. The minimum Gasteiger partial charge on any atom is -0.481 e. The Morgan fingerprint density at radius 2 is 2.16 bits per heavy atom. The lowest BCUT2D eigenvalue weighted by molar-refractivity contribution is -0.137. The highest BCUT2D eigenvalue weighted by Gasteiger charge is 2.28. The molecule has 1 aliphatic heterocycles. The Labute approximate surface area is 144 Å². The maximum absolute atomic E-state index is 14.4. The molecule has 0 aliphatic carbocycles. The van der Waals surface area contributed by atoms with E-state index in [0.29, 0.717) is 13.0 Å². The molecule has 6 nitrogen and oxygen atoms in total. The van der Waals surface area contributed by atoms with E-state index in [4.69, 9.17) is 5.11 Å². The number of halogens is 1. The Hall–Kier alpha value is -2.70. The van der Waals surface area contributed by atoms with Gasteiger partial charge in [0.15, 0.2) is 0 Å². The van der Waals surface area contributed by atoms with Gasteiger partial charge in [-0.15, -0.1) is 0 Å². The number of aliphatic carboxylic acids is 1. The van der Waals surface area contributed by atoms with Gasteiger partial charge in [-0.1, -0.05) is 0 Å². The van der Waals surface area contributed by atoms with E-state index in [-0.39, 0.29) is 29.6 Å². The van der Waals surface area contributed by atoms with E-state index in [1.54, 1.807) is 29.4 Å². The molecule has 132 valence electrons. The second kappa shape index (κ2) is 7.46. The quantitative estimate of drug-likeness (QED) is 0.904. The van der Waals surface area contributed by atoms with Gasteiger partial charge in [-0.05, 0) is 49.9 Å². The van der Waals surface area contributed by atoms with Crippen LogP contribution in [0.4, 0.5) is 4.39 Å². The van der Waals surface area contributed by atoms with Gasteiger partial charge in [-0.2, -0.15) is 5.10 Å². The first-order valence-corrected chi connectivity index (χ1v) is 8.38. The SMILES string of the molecule is O=C(O)CCC1CCCCN1C(=O)c1ccc(-n2cccn2)c(F)c1. The molecule has 0 radical (unpaired) electrons. The molecule has 2 heterocycles. The Balaban J connectivity index is 1.79. The monoisotopic (exact) mass is 345 g/mol. The third-order valence-electron chi connectivity index (χ3n) is 4.53. The third-order valence-corrected chi connectivity index (χ3v) is 4.53. The van der Waals surface area contributed by atoms with Crippen LogP contribution in [-0.2, 0) is 4.79 Å². The van der Waals surface area contributed by atoms with Gasteiger partial charge in [0.2, 0.25) is 0 Å². The molecular weight excluding hydrogens is 325 g/mol. The Kier molecular flexibility index (Phi) is 5.11. The van der Waals surface area contributed by atoms with Gasteiger partial charge in [0, 0.05) is 37.0 Å². The van der Waals surface area contributed by atoms with Crippen LogP contribution in [0.5, 0.6) is 0 Å². The number of piperidine rings is 1. The number of hydrogen-bond donors (Lipinski definition) is 1. The van der Waals surface area contributed by atoms with Gasteiger partial charge < -0.3 is 10.0 Å². The molecule has 1 aliphatic rings. The minimum absolute atomic E-state index is 0.0288. The second-order valence-electron chi connectivity index (χ2n) is 6.20. The van der Waals surface area contributed by atoms with Crippen molar-refractivity contribution in [2.24, 2.45) is 0 Å². The maximum Gasteiger partial charge on any atom is 0.303 e. The van der Waals surface area contributed by atoms with Crippen molar-refractivity contribution < 1.29 is 19.1 Å². The summed E-state index contributed by atoms with van der Waals surface area (Å²) in [7, 11) is 0. The van der Waals surface area contributed by atoms with E-state index in [0.717, 1.165) is 19.3 Å². The van der Waals surface area contributed by atoms with E-state index in [9.17, 15) is 14.0 Å². The normalized spacial score (nSPS) is 17.5. The molecule has 0 bridgehead atoms. The molecule has 7 heteroatoms. The molecule has 25 heavy (non-hydrogen) atoms. The molecule has 2 aromatic rings.